The maximum atomic E-state index is 13.0. The van der Waals surface area contributed by atoms with Gasteiger partial charge in [-0.2, -0.15) is 26.3 Å². The fraction of sp³-hybridized carbons (Fsp3) is 0.714. The molecule has 2 N–H and O–H groups in total. The van der Waals surface area contributed by atoms with Crippen molar-refractivity contribution in [2.75, 3.05) is 38.6 Å². The number of fused-ring (bicyclic) bond motifs is 1. The first-order chi connectivity index (χ1) is 16.8. The van der Waals surface area contributed by atoms with Gasteiger partial charge in [-0.05, 0) is 46.7 Å². The number of nitrogens with zero attached hydrogens (tertiary/aromatic N) is 5. The van der Waals surface area contributed by atoms with Gasteiger partial charge in [-0.1, -0.05) is 0 Å². The van der Waals surface area contributed by atoms with Gasteiger partial charge in [0.1, 0.15) is 0 Å². The lowest BCUT2D eigenvalue weighted by molar-refractivity contribution is -0.193. The fourth-order valence-corrected chi connectivity index (χ4v) is 4.43. The van der Waals surface area contributed by atoms with Gasteiger partial charge < -0.3 is 20.0 Å². The number of carboxylic acid groups (broad SMARTS) is 2. The summed E-state index contributed by atoms with van der Waals surface area (Å²) >= 11 is 0. The second-order valence-electron chi connectivity index (χ2n) is 9.06. The third-order valence-corrected chi connectivity index (χ3v) is 5.62. The molecule has 1 aromatic heterocycles. The van der Waals surface area contributed by atoms with E-state index in [1.54, 1.807) is 0 Å². The van der Waals surface area contributed by atoms with Crippen molar-refractivity contribution in [2.24, 2.45) is 5.92 Å². The Labute approximate surface area is 208 Å². The molecule has 2 fully saturated rings. The van der Waals surface area contributed by atoms with E-state index in [9.17, 15) is 30.7 Å². The Kier molecular flexibility index (Phi) is 11.5. The molecule has 3 heterocycles. The van der Waals surface area contributed by atoms with Crippen molar-refractivity contribution in [3.8, 4) is 0 Å². The summed E-state index contributed by atoms with van der Waals surface area (Å²) in [5, 5.41) is 14.2. The van der Waals surface area contributed by atoms with Gasteiger partial charge in [-0.25, -0.2) is 23.9 Å². The van der Waals surface area contributed by atoms with E-state index in [1.165, 1.54) is 18.8 Å². The molecule has 37 heavy (non-hydrogen) atoms. The number of anilines is 1. The van der Waals surface area contributed by atoms with Gasteiger partial charge in [0.2, 0.25) is 5.95 Å². The summed E-state index contributed by atoms with van der Waals surface area (Å²) in [4.78, 5) is 33.3. The monoisotopic (exact) mass is 549 g/mol. The van der Waals surface area contributed by atoms with Crippen molar-refractivity contribution < 1.29 is 50.5 Å². The van der Waals surface area contributed by atoms with Crippen molar-refractivity contribution in [1.29, 1.82) is 0 Å². The second kappa shape index (κ2) is 13.2. The SMILES string of the molecule is CC(C)N1[C@H](CN(C)C)C[C@@H]2CN(c3ncc(F)cn3)CC[C@@H]21.O=C(O)C(F)(F)F.O=C(O)C(F)(F)F. The molecule has 3 rings (SSSR count). The summed E-state index contributed by atoms with van der Waals surface area (Å²) in [5.74, 6) is -4.58. The number of piperidine rings is 1. The van der Waals surface area contributed by atoms with Crippen LogP contribution in [0.25, 0.3) is 0 Å². The molecule has 2 aliphatic heterocycles. The number of halogens is 7. The summed E-state index contributed by atoms with van der Waals surface area (Å²) < 4.78 is 76.5. The molecule has 212 valence electrons. The van der Waals surface area contributed by atoms with E-state index in [1.807, 2.05) is 0 Å². The van der Waals surface area contributed by atoms with Crippen LogP contribution >= 0.6 is 0 Å². The molecule has 0 spiro atoms. The number of carbonyl (C=O) groups is 2. The summed E-state index contributed by atoms with van der Waals surface area (Å²) in [7, 11) is 4.30. The van der Waals surface area contributed by atoms with Gasteiger partial charge in [0.05, 0.1) is 12.4 Å². The van der Waals surface area contributed by atoms with Crippen LogP contribution in [-0.4, -0.2) is 106 Å². The molecule has 0 bridgehead atoms. The zero-order chi connectivity index (χ0) is 28.7. The Bertz CT molecular complexity index is 858. The van der Waals surface area contributed by atoms with E-state index >= 15 is 0 Å². The number of alkyl halides is 6. The summed E-state index contributed by atoms with van der Waals surface area (Å²) in [6.07, 6.45) is -5.29. The molecule has 0 saturated carbocycles. The molecule has 16 heteroatoms. The topological polar surface area (TPSA) is 110 Å². The van der Waals surface area contributed by atoms with E-state index < -0.39 is 24.3 Å². The number of hydrogen-bond acceptors (Lipinski definition) is 7. The first kappa shape index (κ1) is 32.3. The number of hydrogen-bond donors (Lipinski definition) is 2. The molecule has 0 aromatic carbocycles. The molecule has 1 aromatic rings. The largest absolute Gasteiger partial charge is 0.490 e. The van der Waals surface area contributed by atoms with Crippen LogP contribution in [-0.2, 0) is 9.59 Å². The highest BCUT2D eigenvalue weighted by Crippen LogP contribution is 2.38. The zero-order valence-electron chi connectivity index (χ0n) is 20.6. The molecule has 0 radical (unpaired) electrons. The van der Waals surface area contributed by atoms with Gasteiger partial charge in [-0.15, -0.1) is 0 Å². The first-order valence-electron chi connectivity index (χ1n) is 11.1. The standard InChI is InChI=1S/C17H28FN5.2C2HF3O2/c1-12(2)23-15(11-21(3)4)7-13-10-22(6-5-16(13)23)17-19-8-14(18)9-20-17;2*3-2(4,5)1(6)7/h8-9,12-13,15-16H,5-7,10-11H2,1-4H3;2*(H,6,7)/t13-,15+,16+;;/m1../s1. The Hall–Kier alpha value is -2.75. The fourth-order valence-electron chi connectivity index (χ4n) is 4.43. The second-order valence-corrected chi connectivity index (χ2v) is 9.06. The average Bonchev–Trinajstić information content (AvgIpc) is 3.10. The molecule has 9 nitrogen and oxygen atoms in total. The summed E-state index contributed by atoms with van der Waals surface area (Å²) in [5.41, 5.74) is 0. The highest BCUT2D eigenvalue weighted by molar-refractivity contribution is 5.73. The van der Waals surface area contributed by atoms with Crippen LogP contribution in [0.5, 0.6) is 0 Å². The van der Waals surface area contributed by atoms with Crippen LogP contribution in [0.1, 0.15) is 26.7 Å². The van der Waals surface area contributed by atoms with Crippen molar-refractivity contribution in [3.63, 3.8) is 0 Å². The van der Waals surface area contributed by atoms with Gasteiger partial charge in [0.15, 0.2) is 5.82 Å². The molecule has 3 atom stereocenters. The van der Waals surface area contributed by atoms with Crippen LogP contribution in [0.3, 0.4) is 0 Å². The van der Waals surface area contributed by atoms with Crippen molar-refractivity contribution in [1.82, 2.24) is 19.8 Å². The number of carboxylic acids is 2. The quantitative estimate of drug-likeness (QED) is 0.548. The van der Waals surface area contributed by atoms with Crippen molar-refractivity contribution >= 4 is 17.9 Å². The average molecular weight is 549 g/mol. The van der Waals surface area contributed by atoms with Crippen LogP contribution < -0.4 is 4.90 Å². The number of aliphatic carboxylic acids is 2. The van der Waals surface area contributed by atoms with Gasteiger partial charge >= 0.3 is 24.3 Å². The predicted octanol–water partition coefficient (Wildman–Crippen LogP) is 3.12. The highest BCUT2D eigenvalue weighted by Gasteiger charge is 2.45. The minimum absolute atomic E-state index is 0.374. The van der Waals surface area contributed by atoms with Gasteiger partial charge in [0.25, 0.3) is 0 Å². The number of aromatic nitrogens is 2. The van der Waals surface area contributed by atoms with Crippen LogP contribution in [0.15, 0.2) is 12.4 Å². The maximum Gasteiger partial charge on any atom is 0.490 e. The zero-order valence-corrected chi connectivity index (χ0v) is 20.6. The van der Waals surface area contributed by atoms with Gasteiger partial charge in [-0.3, -0.25) is 4.90 Å². The molecule has 0 amide bonds. The van der Waals surface area contributed by atoms with Crippen LogP contribution in [0.2, 0.25) is 0 Å². The Morgan fingerprint density at radius 2 is 1.51 bits per heavy atom. The third-order valence-electron chi connectivity index (χ3n) is 5.62. The lowest BCUT2D eigenvalue weighted by Crippen LogP contribution is -2.50. The normalized spacial score (nSPS) is 22.1. The highest BCUT2D eigenvalue weighted by atomic mass is 19.4. The summed E-state index contributed by atoms with van der Waals surface area (Å²) in [6.45, 7) is 7.65. The lowest BCUT2D eigenvalue weighted by Gasteiger charge is -2.40. The number of rotatable bonds is 4. The van der Waals surface area contributed by atoms with E-state index in [0.29, 0.717) is 30.0 Å². The van der Waals surface area contributed by atoms with E-state index in [2.05, 4.69) is 52.6 Å². The molecule has 0 unspecified atom stereocenters. The Morgan fingerprint density at radius 1 is 1.05 bits per heavy atom. The van der Waals surface area contributed by atoms with Crippen LogP contribution in [0.4, 0.5) is 36.7 Å². The molecule has 0 aliphatic carbocycles. The third kappa shape index (κ3) is 10.3. The van der Waals surface area contributed by atoms with Gasteiger partial charge in [0, 0.05) is 37.8 Å². The number of likely N-dealkylation sites (N-methyl/N-ethyl adjacent to an activating group) is 1. The number of likely N-dealkylation sites (tertiary alicyclic amines) is 1. The van der Waals surface area contributed by atoms with E-state index in [4.69, 9.17) is 19.8 Å². The first-order valence-corrected chi connectivity index (χ1v) is 11.1. The van der Waals surface area contributed by atoms with Crippen molar-refractivity contribution in [2.45, 2.75) is 57.2 Å². The molecule has 2 aliphatic rings. The summed E-state index contributed by atoms with van der Waals surface area (Å²) in [6, 6.07) is 1.84. The smallest absolute Gasteiger partial charge is 0.475 e. The molecular weight excluding hydrogens is 519 g/mol. The minimum Gasteiger partial charge on any atom is -0.475 e. The lowest BCUT2D eigenvalue weighted by atomic mass is 9.92. The predicted molar refractivity (Wildman–Crippen MR) is 117 cm³/mol. The Morgan fingerprint density at radius 3 is 1.89 bits per heavy atom. The van der Waals surface area contributed by atoms with E-state index in [-0.39, 0.29) is 5.82 Å². The minimum atomic E-state index is -5.08. The maximum absolute atomic E-state index is 13.0. The Balaban J connectivity index is 0.000000404. The van der Waals surface area contributed by atoms with Crippen LogP contribution in [0, 0.1) is 11.7 Å². The molecule has 2 saturated heterocycles. The van der Waals surface area contributed by atoms with Crippen molar-refractivity contribution in [3.05, 3.63) is 18.2 Å². The molecular formula is C21H30F7N5O4. The van der Waals surface area contributed by atoms with E-state index in [0.717, 1.165) is 26.1 Å².